The number of benzene rings is 2. The molecule has 0 aliphatic rings. The van der Waals surface area contributed by atoms with Crippen LogP contribution in [0.15, 0.2) is 72.9 Å². The smallest absolute Gasteiger partial charge is 0.269 e. The maximum absolute atomic E-state index is 12.3. The molecule has 2 N–H and O–H groups in total. The number of amides is 2. The Bertz CT molecular complexity index is 945. The molecule has 2 aromatic carbocycles. The highest BCUT2D eigenvalue weighted by Gasteiger charge is 2.12. The van der Waals surface area contributed by atoms with Gasteiger partial charge in [-0.05, 0) is 48.4 Å². The lowest BCUT2D eigenvalue weighted by Crippen LogP contribution is -2.27. The molecule has 5 nitrogen and oxygen atoms in total. The van der Waals surface area contributed by atoms with Crippen molar-refractivity contribution >= 4 is 29.1 Å². The third-order valence-corrected chi connectivity index (χ3v) is 4.11. The number of carbonyl (C=O) groups is 2. The van der Waals surface area contributed by atoms with E-state index in [1.165, 1.54) is 12.3 Å². The molecule has 3 rings (SSSR count). The van der Waals surface area contributed by atoms with E-state index in [0.29, 0.717) is 29.2 Å². The SMILES string of the molecule is O=C(Nc1ccccc1)c1ccnc(C(=O)NCCc2cccc(Cl)c2)c1. The van der Waals surface area contributed by atoms with Gasteiger partial charge in [0.2, 0.25) is 0 Å². The molecule has 6 heteroatoms. The van der Waals surface area contributed by atoms with Gasteiger partial charge in [-0.25, -0.2) is 0 Å². The van der Waals surface area contributed by atoms with E-state index in [1.54, 1.807) is 24.3 Å². The van der Waals surface area contributed by atoms with Gasteiger partial charge in [-0.3, -0.25) is 14.6 Å². The summed E-state index contributed by atoms with van der Waals surface area (Å²) in [6.07, 6.45) is 2.10. The highest BCUT2D eigenvalue weighted by atomic mass is 35.5. The molecule has 0 fully saturated rings. The number of nitrogens with zero attached hydrogens (tertiary/aromatic N) is 1. The minimum absolute atomic E-state index is 0.196. The molecule has 2 amide bonds. The van der Waals surface area contributed by atoms with Crippen molar-refractivity contribution in [3.63, 3.8) is 0 Å². The Labute approximate surface area is 162 Å². The van der Waals surface area contributed by atoms with Gasteiger partial charge < -0.3 is 10.6 Å². The number of nitrogens with one attached hydrogen (secondary N) is 2. The van der Waals surface area contributed by atoms with E-state index in [0.717, 1.165) is 5.56 Å². The number of hydrogen-bond donors (Lipinski definition) is 2. The predicted molar refractivity (Wildman–Crippen MR) is 106 cm³/mol. The summed E-state index contributed by atoms with van der Waals surface area (Å²) >= 11 is 5.95. The van der Waals surface area contributed by atoms with Crippen molar-refractivity contribution < 1.29 is 9.59 Å². The van der Waals surface area contributed by atoms with Crippen LogP contribution in [0.25, 0.3) is 0 Å². The van der Waals surface area contributed by atoms with E-state index >= 15 is 0 Å². The first-order valence-electron chi connectivity index (χ1n) is 8.47. The normalized spacial score (nSPS) is 10.3. The lowest BCUT2D eigenvalue weighted by molar-refractivity contribution is 0.0949. The van der Waals surface area contributed by atoms with Crippen molar-refractivity contribution in [2.75, 3.05) is 11.9 Å². The van der Waals surface area contributed by atoms with E-state index in [1.807, 2.05) is 36.4 Å². The third kappa shape index (κ3) is 5.39. The Morgan fingerprint density at radius 3 is 2.52 bits per heavy atom. The second kappa shape index (κ2) is 8.96. The molecule has 0 atom stereocenters. The Morgan fingerprint density at radius 2 is 1.74 bits per heavy atom. The Hall–Kier alpha value is -3.18. The fourth-order valence-corrected chi connectivity index (χ4v) is 2.74. The van der Waals surface area contributed by atoms with Crippen LogP contribution in [0.2, 0.25) is 5.02 Å². The predicted octanol–water partition coefficient (Wildman–Crippen LogP) is 3.96. The van der Waals surface area contributed by atoms with Crippen LogP contribution < -0.4 is 10.6 Å². The average Bonchev–Trinajstić information content (AvgIpc) is 2.69. The van der Waals surface area contributed by atoms with Crippen LogP contribution in [-0.2, 0) is 6.42 Å². The maximum atomic E-state index is 12.3. The summed E-state index contributed by atoms with van der Waals surface area (Å²) in [5, 5.41) is 6.25. The van der Waals surface area contributed by atoms with Crippen LogP contribution in [0.4, 0.5) is 5.69 Å². The van der Waals surface area contributed by atoms with Crippen LogP contribution in [0, 0.1) is 0 Å². The van der Waals surface area contributed by atoms with Crippen molar-refractivity contribution in [3.8, 4) is 0 Å². The van der Waals surface area contributed by atoms with E-state index < -0.39 is 0 Å². The number of rotatable bonds is 6. The van der Waals surface area contributed by atoms with Gasteiger partial charge in [0, 0.05) is 29.0 Å². The molecule has 0 saturated carbocycles. The number of halogens is 1. The first-order chi connectivity index (χ1) is 13.1. The number of para-hydroxylation sites is 1. The maximum Gasteiger partial charge on any atom is 0.269 e. The number of hydrogen-bond acceptors (Lipinski definition) is 3. The summed E-state index contributed by atoms with van der Waals surface area (Å²) < 4.78 is 0. The van der Waals surface area contributed by atoms with Gasteiger partial charge in [0.05, 0.1) is 0 Å². The minimum atomic E-state index is -0.327. The van der Waals surface area contributed by atoms with Crippen molar-refractivity contribution in [1.82, 2.24) is 10.3 Å². The lowest BCUT2D eigenvalue weighted by Gasteiger charge is -2.08. The fourth-order valence-electron chi connectivity index (χ4n) is 2.52. The third-order valence-electron chi connectivity index (χ3n) is 3.87. The Balaban J connectivity index is 1.59. The number of anilines is 1. The first kappa shape index (κ1) is 18.6. The molecule has 136 valence electrons. The van der Waals surface area contributed by atoms with E-state index in [2.05, 4.69) is 15.6 Å². The van der Waals surface area contributed by atoms with Gasteiger partial charge >= 0.3 is 0 Å². The lowest BCUT2D eigenvalue weighted by atomic mass is 10.1. The van der Waals surface area contributed by atoms with Gasteiger partial charge in [0.25, 0.3) is 11.8 Å². The van der Waals surface area contributed by atoms with E-state index in [9.17, 15) is 9.59 Å². The monoisotopic (exact) mass is 379 g/mol. The number of carbonyl (C=O) groups excluding carboxylic acids is 2. The molecule has 0 saturated heterocycles. The van der Waals surface area contributed by atoms with Crippen LogP contribution in [0.3, 0.4) is 0 Å². The molecule has 0 unspecified atom stereocenters. The first-order valence-corrected chi connectivity index (χ1v) is 8.85. The Morgan fingerprint density at radius 1 is 0.926 bits per heavy atom. The topological polar surface area (TPSA) is 71.1 Å². The molecule has 0 spiro atoms. The molecule has 0 radical (unpaired) electrons. The zero-order chi connectivity index (χ0) is 19.1. The number of pyridine rings is 1. The van der Waals surface area contributed by atoms with Crippen LogP contribution >= 0.6 is 11.6 Å². The number of aromatic nitrogens is 1. The molecule has 1 aromatic heterocycles. The molecule has 0 bridgehead atoms. The Kier molecular flexibility index (Phi) is 6.18. The van der Waals surface area contributed by atoms with Crippen molar-refractivity contribution in [2.45, 2.75) is 6.42 Å². The summed E-state index contributed by atoms with van der Waals surface area (Å²) in [7, 11) is 0. The highest BCUT2D eigenvalue weighted by Crippen LogP contribution is 2.11. The second-order valence-electron chi connectivity index (χ2n) is 5.89. The molecular formula is C21H18ClN3O2. The summed E-state index contributed by atoms with van der Waals surface area (Å²) in [4.78, 5) is 28.7. The van der Waals surface area contributed by atoms with E-state index in [-0.39, 0.29) is 17.5 Å². The largest absolute Gasteiger partial charge is 0.350 e. The van der Waals surface area contributed by atoms with Gasteiger partial charge in [-0.1, -0.05) is 41.9 Å². The van der Waals surface area contributed by atoms with Gasteiger partial charge in [0.1, 0.15) is 5.69 Å². The van der Waals surface area contributed by atoms with Crippen LogP contribution in [-0.4, -0.2) is 23.3 Å². The zero-order valence-corrected chi connectivity index (χ0v) is 15.2. The van der Waals surface area contributed by atoms with Crippen LogP contribution in [0.1, 0.15) is 26.4 Å². The quantitative estimate of drug-likeness (QED) is 0.681. The molecule has 1 heterocycles. The molecule has 3 aromatic rings. The molecular weight excluding hydrogens is 362 g/mol. The molecule has 0 aliphatic carbocycles. The minimum Gasteiger partial charge on any atom is -0.350 e. The van der Waals surface area contributed by atoms with Crippen molar-refractivity contribution in [3.05, 3.63) is 94.8 Å². The summed E-state index contributed by atoms with van der Waals surface area (Å²) in [6, 6.07) is 19.7. The van der Waals surface area contributed by atoms with Crippen LogP contribution in [0.5, 0.6) is 0 Å². The summed E-state index contributed by atoms with van der Waals surface area (Å²) in [6.45, 7) is 0.446. The van der Waals surface area contributed by atoms with Crippen molar-refractivity contribution in [2.24, 2.45) is 0 Å². The molecule has 27 heavy (non-hydrogen) atoms. The molecule has 0 aliphatic heterocycles. The second-order valence-corrected chi connectivity index (χ2v) is 6.32. The van der Waals surface area contributed by atoms with Gasteiger partial charge in [-0.2, -0.15) is 0 Å². The van der Waals surface area contributed by atoms with Gasteiger partial charge in [0.15, 0.2) is 0 Å². The summed E-state index contributed by atoms with van der Waals surface area (Å²) in [5.74, 6) is -0.622. The highest BCUT2D eigenvalue weighted by molar-refractivity contribution is 6.30. The summed E-state index contributed by atoms with van der Waals surface area (Å²) in [5.41, 5.74) is 2.29. The van der Waals surface area contributed by atoms with Gasteiger partial charge in [-0.15, -0.1) is 0 Å². The van der Waals surface area contributed by atoms with Crippen molar-refractivity contribution in [1.29, 1.82) is 0 Å². The standard InChI is InChI=1S/C21H18ClN3O2/c22-17-6-4-5-15(13-17)9-11-24-21(27)19-14-16(10-12-23-19)20(26)25-18-7-2-1-3-8-18/h1-8,10,12-14H,9,11H2,(H,24,27)(H,25,26). The fraction of sp³-hybridized carbons (Fsp3) is 0.0952. The average molecular weight is 380 g/mol. The zero-order valence-electron chi connectivity index (χ0n) is 14.5. The van der Waals surface area contributed by atoms with E-state index in [4.69, 9.17) is 11.6 Å².